The van der Waals surface area contributed by atoms with E-state index < -0.39 is 0 Å². The van der Waals surface area contributed by atoms with Gasteiger partial charge in [0.05, 0.1) is 33.4 Å². The van der Waals surface area contributed by atoms with E-state index in [2.05, 4.69) is 16.7 Å². The van der Waals surface area contributed by atoms with E-state index in [9.17, 15) is 4.79 Å². The van der Waals surface area contributed by atoms with Crippen molar-refractivity contribution < 1.29 is 19.0 Å². The van der Waals surface area contributed by atoms with E-state index in [1.165, 1.54) is 7.11 Å². The van der Waals surface area contributed by atoms with Crippen LogP contribution in [0.1, 0.15) is 17.3 Å². The molecule has 1 aromatic rings. The van der Waals surface area contributed by atoms with Gasteiger partial charge in [0.15, 0.2) is 17.3 Å². The number of Topliss-reactive ketones (excluding diaryl/α,β-unsaturated/α-hetero) is 1. The molecule has 1 fully saturated rings. The van der Waals surface area contributed by atoms with E-state index in [1.807, 2.05) is 0 Å². The van der Waals surface area contributed by atoms with Crippen LogP contribution in [0.25, 0.3) is 0 Å². The van der Waals surface area contributed by atoms with Gasteiger partial charge >= 0.3 is 0 Å². The number of carbonyl (C=O) groups excluding carboxylic acids is 1. The van der Waals surface area contributed by atoms with E-state index >= 15 is 0 Å². The molecule has 0 radical (unpaired) electrons. The van der Waals surface area contributed by atoms with Crippen molar-refractivity contribution in [3.05, 3.63) is 17.7 Å². The highest BCUT2D eigenvalue weighted by Crippen LogP contribution is 2.39. The SMILES string of the molecule is CCN1CCN(CC(=O)c2ccc(OC)c(OC)c2OC)CC1. The highest BCUT2D eigenvalue weighted by atomic mass is 16.5. The summed E-state index contributed by atoms with van der Waals surface area (Å²) in [6.07, 6.45) is 0. The first kappa shape index (κ1) is 17.6. The summed E-state index contributed by atoms with van der Waals surface area (Å²) < 4.78 is 16.0. The van der Waals surface area contributed by atoms with Gasteiger partial charge in [0.2, 0.25) is 5.75 Å². The Morgan fingerprint density at radius 2 is 1.57 bits per heavy atom. The van der Waals surface area contributed by atoms with Crippen LogP contribution in [0.15, 0.2) is 12.1 Å². The van der Waals surface area contributed by atoms with Gasteiger partial charge in [-0.1, -0.05) is 6.92 Å². The first-order valence-corrected chi connectivity index (χ1v) is 7.91. The van der Waals surface area contributed by atoms with Crippen molar-refractivity contribution in [3.63, 3.8) is 0 Å². The number of rotatable bonds is 7. The van der Waals surface area contributed by atoms with Crippen molar-refractivity contribution in [2.75, 3.05) is 60.6 Å². The molecular formula is C17H26N2O4. The van der Waals surface area contributed by atoms with Crippen molar-refractivity contribution in [1.29, 1.82) is 0 Å². The van der Waals surface area contributed by atoms with Crippen molar-refractivity contribution >= 4 is 5.78 Å². The van der Waals surface area contributed by atoms with Crippen LogP contribution in [0, 0.1) is 0 Å². The zero-order chi connectivity index (χ0) is 16.8. The summed E-state index contributed by atoms with van der Waals surface area (Å²) in [5, 5.41) is 0. The number of piperazine rings is 1. The van der Waals surface area contributed by atoms with E-state index in [0.29, 0.717) is 29.4 Å². The van der Waals surface area contributed by atoms with Crippen molar-refractivity contribution in [3.8, 4) is 17.2 Å². The molecule has 1 aliphatic heterocycles. The molecule has 0 N–H and O–H groups in total. The molecule has 0 aliphatic carbocycles. The Labute approximate surface area is 137 Å². The molecule has 1 aromatic carbocycles. The van der Waals surface area contributed by atoms with Gasteiger partial charge in [-0.25, -0.2) is 0 Å². The van der Waals surface area contributed by atoms with E-state index in [0.717, 1.165) is 32.7 Å². The third kappa shape index (κ3) is 3.95. The smallest absolute Gasteiger partial charge is 0.204 e. The highest BCUT2D eigenvalue weighted by Gasteiger charge is 2.23. The number of ketones is 1. The summed E-state index contributed by atoms with van der Waals surface area (Å²) >= 11 is 0. The number of hydrogen-bond acceptors (Lipinski definition) is 6. The Morgan fingerprint density at radius 3 is 2.09 bits per heavy atom. The molecule has 0 unspecified atom stereocenters. The lowest BCUT2D eigenvalue weighted by Gasteiger charge is -2.33. The lowest BCUT2D eigenvalue weighted by Crippen LogP contribution is -2.47. The Kier molecular flexibility index (Phi) is 6.24. The Hall–Kier alpha value is -1.79. The third-order valence-corrected chi connectivity index (χ3v) is 4.28. The number of carbonyl (C=O) groups is 1. The maximum absolute atomic E-state index is 12.7. The molecule has 0 amide bonds. The Bertz CT molecular complexity index is 540. The molecule has 2 rings (SSSR count). The molecular weight excluding hydrogens is 296 g/mol. The zero-order valence-corrected chi connectivity index (χ0v) is 14.4. The average molecular weight is 322 g/mol. The van der Waals surface area contributed by atoms with Crippen LogP contribution in [0.3, 0.4) is 0 Å². The molecule has 128 valence electrons. The largest absolute Gasteiger partial charge is 0.493 e. The minimum absolute atomic E-state index is 0.0350. The Balaban J connectivity index is 2.13. The number of likely N-dealkylation sites (N-methyl/N-ethyl adjacent to an activating group) is 1. The quantitative estimate of drug-likeness (QED) is 0.710. The predicted molar refractivity (Wildman–Crippen MR) is 89.0 cm³/mol. The van der Waals surface area contributed by atoms with Gasteiger partial charge in [-0.05, 0) is 18.7 Å². The van der Waals surface area contributed by atoms with Crippen molar-refractivity contribution in [2.45, 2.75) is 6.92 Å². The van der Waals surface area contributed by atoms with E-state index in [4.69, 9.17) is 14.2 Å². The van der Waals surface area contributed by atoms with E-state index in [1.54, 1.807) is 26.4 Å². The van der Waals surface area contributed by atoms with Crippen LogP contribution in [0.4, 0.5) is 0 Å². The van der Waals surface area contributed by atoms with Crippen LogP contribution >= 0.6 is 0 Å². The van der Waals surface area contributed by atoms with Crippen LogP contribution < -0.4 is 14.2 Å². The molecule has 0 bridgehead atoms. The first-order chi connectivity index (χ1) is 11.1. The molecule has 0 atom stereocenters. The minimum Gasteiger partial charge on any atom is -0.493 e. The molecule has 0 saturated carbocycles. The van der Waals surface area contributed by atoms with Gasteiger partial charge in [0.25, 0.3) is 0 Å². The molecule has 1 saturated heterocycles. The summed E-state index contributed by atoms with van der Waals surface area (Å²) in [6, 6.07) is 3.48. The van der Waals surface area contributed by atoms with Crippen LogP contribution in [0.5, 0.6) is 17.2 Å². The van der Waals surface area contributed by atoms with Crippen molar-refractivity contribution in [1.82, 2.24) is 9.80 Å². The standard InChI is InChI=1S/C17H26N2O4/c1-5-18-8-10-19(11-9-18)12-14(20)13-6-7-15(21-2)17(23-4)16(13)22-3/h6-7H,5,8-12H2,1-4H3. The lowest BCUT2D eigenvalue weighted by molar-refractivity contribution is 0.0855. The molecule has 0 aromatic heterocycles. The van der Waals surface area contributed by atoms with Gasteiger partial charge in [0, 0.05) is 26.2 Å². The van der Waals surface area contributed by atoms with Gasteiger partial charge < -0.3 is 19.1 Å². The predicted octanol–water partition coefficient (Wildman–Crippen LogP) is 1.53. The number of methoxy groups -OCH3 is 3. The monoisotopic (exact) mass is 322 g/mol. The molecule has 1 heterocycles. The molecule has 6 nitrogen and oxygen atoms in total. The van der Waals surface area contributed by atoms with E-state index in [-0.39, 0.29) is 5.78 Å². The number of nitrogens with zero attached hydrogens (tertiary/aromatic N) is 2. The lowest BCUT2D eigenvalue weighted by atomic mass is 10.1. The van der Waals surface area contributed by atoms with Crippen LogP contribution in [-0.4, -0.2) is 76.2 Å². The molecule has 1 aliphatic rings. The molecule has 0 spiro atoms. The number of ether oxygens (including phenoxy) is 3. The second-order valence-electron chi connectivity index (χ2n) is 5.52. The fourth-order valence-electron chi connectivity index (χ4n) is 2.87. The molecule has 23 heavy (non-hydrogen) atoms. The Morgan fingerprint density at radius 1 is 0.957 bits per heavy atom. The van der Waals surface area contributed by atoms with Gasteiger partial charge in [-0.15, -0.1) is 0 Å². The summed E-state index contributed by atoms with van der Waals surface area (Å²) in [4.78, 5) is 17.3. The van der Waals surface area contributed by atoms with Gasteiger partial charge in [-0.2, -0.15) is 0 Å². The van der Waals surface area contributed by atoms with Crippen LogP contribution in [0.2, 0.25) is 0 Å². The fraction of sp³-hybridized carbons (Fsp3) is 0.588. The first-order valence-electron chi connectivity index (χ1n) is 7.91. The zero-order valence-electron chi connectivity index (χ0n) is 14.4. The second-order valence-corrected chi connectivity index (χ2v) is 5.52. The summed E-state index contributed by atoms with van der Waals surface area (Å²) in [6.45, 7) is 7.45. The normalized spacial score (nSPS) is 16.2. The highest BCUT2D eigenvalue weighted by molar-refractivity contribution is 6.01. The summed E-state index contributed by atoms with van der Waals surface area (Å²) in [7, 11) is 4.64. The van der Waals surface area contributed by atoms with Gasteiger partial charge in [-0.3, -0.25) is 9.69 Å². The topological polar surface area (TPSA) is 51.2 Å². The summed E-state index contributed by atoms with van der Waals surface area (Å²) in [5.74, 6) is 1.48. The second kappa shape index (κ2) is 8.17. The third-order valence-electron chi connectivity index (χ3n) is 4.28. The minimum atomic E-state index is 0.0350. The fourth-order valence-corrected chi connectivity index (χ4v) is 2.87. The maximum atomic E-state index is 12.7. The average Bonchev–Trinajstić information content (AvgIpc) is 2.60. The van der Waals surface area contributed by atoms with Crippen LogP contribution in [-0.2, 0) is 0 Å². The van der Waals surface area contributed by atoms with Crippen molar-refractivity contribution in [2.24, 2.45) is 0 Å². The molecule has 6 heteroatoms. The summed E-state index contributed by atoms with van der Waals surface area (Å²) in [5.41, 5.74) is 0.531. The number of benzene rings is 1. The number of hydrogen-bond donors (Lipinski definition) is 0. The van der Waals surface area contributed by atoms with Gasteiger partial charge in [0.1, 0.15) is 0 Å². The maximum Gasteiger partial charge on any atom is 0.204 e.